The Balaban J connectivity index is 1.34. The molecule has 0 aliphatic rings. The predicted molar refractivity (Wildman–Crippen MR) is 211 cm³/mol. The first-order chi connectivity index (χ1) is 29.0. The minimum Gasteiger partial charge on any atom is -0.278 e. The second kappa shape index (κ2) is 11.9. The zero-order valence-corrected chi connectivity index (χ0v) is 26.9. The molecule has 0 fully saturated rings. The molecule has 0 spiro atoms. The highest BCUT2D eigenvalue weighted by Crippen LogP contribution is 2.39. The van der Waals surface area contributed by atoms with Crippen LogP contribution in [0, 0.1) is 0 Å². The molecule has 10 aromatic rings. The largest absolute Gasteiger partial charge is 0.278 e. The van der Waals surface area contributed by atoms with Crippen LogP contribution in [0.1, 0.15) is 12.3 Å². The Morgan fingerprint density at radius 3 is 1.98 bits per heavy atom. The highest BCUT2D eigenvalue weighted by molar-refractivity contribution is 6.15. The lowest BCUT2D eigenvalue weighted by Gasteiger charge is -2.14. The molecule has 0 saturated heterocycles. The fourth-order valence-electron chi connectivity index (χ4n) is 6.97. The highest BCUT2D eigenvalue weighted by Gasteiger charge is 2.21. The van der Waals surface area contributed by atoms with E-state index < -0.39 is 42.3 Å². The summed E-state index contributed by atoms with van der Waals surface area (Å²) in [7, 11) is 0. The Hall–Kier alpha value is -6.91. The first kappa shape index (κ1) is 21.2. The van der Waals surface area contributed by atoms with Gasteiger partial charge in [0.2, 0.25) is 5.95 Å². The van der Waals surface area contributed by atoms with Crippen molar-refractivity contribution in [3.63, 3.8) is 0 Å². The number of hydrogen-bond donors (Lipinski definition) is 0. The topological polar surface area (TPSA) is 43.6 Å². The summed E-state index contributed by atoms with van der Waals surface area (Å²) >= 11 is 0. The summed E-state index contributed by atoms with van der Waals surface area (Å²) in [6.45, 7) is 0. The molecular formula is C47H30N4. The number of benzene rings is 8. The molecule has 0 atom stereocenters. The smallest absolute Gasteiger partial charge is 0.238 e. The number of hydrogen-bond acceptors (Lipinski definition) is 3. The van der Waals surface area contributed by atoms with Gasteiger partial charge in [0.1, 0.15) is 0 Å². The normalized spacial score (nSPS) is 14.0. The van der Waals surface area contributed by atoms with Gasteiger partial charge in [-0.3, -0.25) is 4.57 Å². The quantitative estimate of drug-likeness (QED) is 0.185. The molecule has 238 valence electrons. The average Bonchev–Trinajstić information content (AvgIpc) is 3.65. The first-order valence-corrected chi connectivity index (χ1v) is 16.5. The second-order valence-corrected chi connectivity index (χ2v) is 12.2. The van der Waals surface area contributed by atoms with E-state index in [1.165, 1.54) is 0 Å². The lowest BCUT2D eigenvalue weighted by Crippen LogP contribution is -2.06. The Morgan fingerprint density at radius 1 is 0.412 bits per heavy atom. The van der Waals surface area contributed by atoms with Crippen LogP contribution < -0.4 is 0 Å². The molecular weight excluding hydrogens is 621 g/mol. The van der Waals surface area contributed by atoms with Crippen LogP contribution in [0.15, 0.2) is 182 Å². The third kappa shape index (κ3) is 4.88. The summed E-state index contributed by atoms with van der Waals surface area (Å²) in [6.07, 6.45) is 0. The summed E-state index contributed by atoms with van der Waals surface area (Å²) in [5.41, 5.74) is 3.96. The summed E-state index contributed by atoms with van der Waals surface area (Å²) in [5.74, 6) is 0.689. The molecule has 0 amide bonds. The van der Waals surface area contributed by atoms with Crippen molar-refractivity contribution in [1.29, 1.82) is 0 Å². The zero-order chi connectivity index (χ0) is 41.6. The van der Waals surface area contributed by atoms with E-state index in [2.05, 4.69) is 18.2 Å². The van der Waals surface area contributed by atoms with Crippen molar-refractivity contribution in [3.05, 3.63) is 182 Å². The summed E-state index contributed by atoms with van der Waals surface area (Å²) in [5, 5.41) is 4.19. The van der Waals surface area contributed by atoms with Gasteiger partial charge in [0.25, 0.3) is 0 Å². The molecule has 0 unspecified atom stereocenters. The third-order valence-corrected chi connectivity index (χ3v) is 9.28. The summed E-state index contributed by atoms with van der Waals surface area (Å²) < 4.78 is 80.5. The minimum atomic E-state index is -0.548. The van der Waals surface area contributed by atoms with E-state index in [-0.39, 0.29) is 45.4 Å². The Kier molecular flexibility index (Phi) is 4.96. The second-order valence-electron chi connectivity index (χ2n) is 12.2. The van der Waals surface area contributed by atoms with Crippen molar-refractivity contribution in [2.75, 3.05) is 0 Å². The standard InChI is InChI=1S/C47H30N4/c1-3-15-32(16-4-1)36-28-29-40(39-21-10-9-20-38(36)39)46-48-45(35-27-26-31-14-7-8-19-34(31)30-35)49-47(50-46)51-42-24-12-11-22-41(42)44-37(23-13-25-43(44)51)33-17-5-2-6-18-33/h1-30H/i2D,5D,6D,11D,12D,17D,18D,22D,24D. The van der Waals surface area contributed by atoms with E-state index in [1.54, 1.807) is 22.8 Å². The summed E-state index contributed by atoms with van der Waals surface area (Å²) in [4.78, 5) is 15.3. The predicted octanol–water partition coefficient (Wildman–Crippen LogP) is 11.9. The van der Waals surface area contributed by atoms with Crippen LogP contribution in [-0.2, 0) is 0 Å². The van der Waals surface area contributed by atoms with Gasteiger partial charge in [-0.25, -0.2) is 4.98 Å². The monoisotopic (exact) mass is 659 g/mol. The molecule has 4 nitrogen and oxygen atoms in total. The van der Waals surface area contributed by atoms with Gasteiger partial charge >= 0.3 is 0 Å². The number of aromatic nitrogens is 4. The fourth-order valence-corrected chi connectivity index (χ4v) is 6.97. The van der Waals surface area contributed by atoms with Gasteiger partial charge < -0.3 is 0 Å². The van der Waals surface area contributed by atoms with Gasteiger partial charge in [-0.05, 0) is 68.0 Å². The van der Waals surface area contributed by atoms with Crippen molar-refractivity contribution in [2.45, 2.75) is 0 Å². The van der Waals surface area contributed by atoms with Crippen LogP contribution in [-0.4, -0.2) is 19.5 Å². The number of para-hydroxylation sites is 1. The van der Waals surface area contributed by atoms with Crippen molar-refractivity contribution in [1.82, 2.24) is 19.5 Å². The molecule has 10 rings (SSSR count). The van der Waals surface area contributed by atoms with Crippen molar-refractivity contribution >= 4 is 43.4 Å². The van der Waals surface area contributed by atoms with E-state index in [4.69, 9.17) is 24.5 Å². The molecule has 51 heavy (non-hydrogen) atoms. The molecule has 8 aromatic carbocycles. The molecule has 0 saturated carbocycles. The summed E-state index contributed by atoms with van der Waals surface area (Å²) in [6, 6.07) is 36.7. The lowest BCUT2D eigenvalue weighted by molar-refractivity contribution is 0.954. The van der Waals surface area contributed by atoms with Crippen LogP contribution in [0.5, 0.6) is 0 Å². The lowest BCUT2D eigenvalue weighted by atomic mass is 9.95. The fraction of sp³-hybridized carbons (Fsp3) is 0. The molecule has 0 aliphatic carbocycles. The Labute approximate surface area is 307 Å². The van der Waals surface area contributed by atoms with E-state index >= 15 is 0 Å². The van der Waals surface area contributed by atoms with Crippen LogP contribution in [0.25, 0.3) is 94.3 Å². The van der Waals surface area contributed by atoms with Crippen molar-refractivity contribution in [2.24, 2.45) is 0 Å². The van der Waals surface area contributed by atoms with Gasteiger partial charge in [-0.15, -0.1) is 0 Å². The molecule has 2 heterocycles. The zero-order valence-electron chi connectivity index (χ0n) is 35.9. The van der Waals surface area contributed by atoms with E-state index in [1.807, 2.05) is 91.0 Å². The van der Waals surface area contributed by atoms with Crippen LogP contribution in [0.3, 0.4) is 0 Å². The van der Waals surface area contributed by atoms with Gasteiger partial charge in [-0.1, -0.05) is 158 Å². The Bertz CT molecular complexity index is 3410. The number of rotatable bonds is 5. The van der Waals surface area contributed by atoms with Gasteiger partial charge in [0.05, 0.1) is 23.4 Å². The third-order valence-electron chi connectivity index (χ3n) is 9.28. The van der Waals surface area contributed by atoms with Crippen LogP contribution >= 0.6 is 0 Å². The van der Waals surface area contributed by atoms with E-state index in [0.29, 0.717) is 28.3 Å². The molecule has 0 bridgehead atoms. The van der Waals surface area contributed by atoms with Crippen molar-refractivity contribution < 1.29 is 12.3 Å². The van der Waals surface area contributed by atoms with Crippen LogP contribution in [0.2, 0.25) is 0 Å². The average molecular weight is 660 g/mol. The number of fused-ring (bicyclic) bond motifs is 5. The minimum absolute atomic E-state index is 0.0571. The van der Waals surface area contributed by atoms with Gasteiger partial charge in [0.15, 0.2) is 11.6 Å². The molecule has 2 aromatic heterocycles. The molecule has 0 radical (unpaired) electrons. The van der Waals surface area contributed by atoms with Gasteiger partial charge in [0, 0.05) is 21.9 Å². The molecule has 0 aliphatic heterocycles. The molecule has 4 heteroatoms. The Morgan fingerprint density at radius 2 is 1.12 bits per heavy atom. The maximum Gasteiger partial charge on any atom is 0.238 e. The highest BCUT2D eigenvalue weighted by atomic mass is 15.2. The van der Waals surface area contributed by atoms with E-state index in [0.717, 1.165) is 32.7 Å². The maximum atomic E-state index is 9.30. The first-order valence-electron chi connectivity index (χ1n) is 21.0. The van der Waals surface area contributed by atoms with E-state index in [9.17, 15) is 2.74 Å². The molecule has 0 N–H and O–H groups in total. The van der Waals surface area contributed by atoms with Crippen LogP contribution in [0.4, 0.5) is 0 Å². The van der Waals surface area contributed by atoms with Crippen molar-refractivity contribution in [3.8, 4) is 51.0 Å². The maximum absolute atomic E-state index is 9.30. The SMILES string of the molecule is [2H]c1c([2H])c([2H])c(-c2cccc3c2c2c([2H])c([2H])c([2H])c([2H])c2n3-c2nc(-c3ccc4ccccc4c3)nc(-c3ccc(-c4ccccc4)c4ccccc34)n2)c([2H])c1[2H]. The number of nitrogens with zero attached hydrogens (tertiary/aromatic N) is 4. The van der Waals surface area contributed by atoms with Gasteiger partial charge in [-0.2, -0.15) is 9.97 Å².